The molecule has 8 nitrogen and oxygen atoms in total. The highest BCUT2D eigenvalue weighted by Crippen LogP contribution is 2.19. The topological polar surface area (TPSA) is 106 Å². The fourth-order valence-electron chi connectivity index (χ4n) is 2.83. The second-order valence-corrected chi connectivity index (χ2v) is 6.87. The van der Waals surface area contributed by atoms with Crippen molar-refractivity contribution in [2.75, 3.05) is 39.5 Å². The summed E-state index contributed by atoms with van der Waals surface area (Å²) in [7, 11) is 0. The highest BCUT2D eigenvalue weighted by molar-refractivity contribution is 6.27. The van der Waals surface area contributed by atoms with E-state index in [-0.39, 0.29) is 0 Å². The van der Waals surface area contributed by atoms with Gasteiger partial charge in [-0.1, -0.05) is 30.3 Å². The summed E-state index contributed by atoms with van der Waals surface area (Å²) in [4.78, 5) is 20.7. The van der Waals surface area contributed by atoms with Gasteiger partial charge < -0.3 is 24.4 Å². The Labute approximate surface area is 182 Å². The van der Waals surface area contributed by atoms with Crippen molar-refractivity contribution in [3.05, 3.63) is 60.2 Å². The van der Waals surface area contributed by atoms with Crippen LogP contribution in [0.3, 0.4) is 0 Å². The number of rotatable bonds is 9. The van der Waals surface area contributed by atoms with Gasteiger partial charge in [0.25, 0.3) is 0 Å². The third-order valence-electron chi connectivity index (χ3n) is 4.50. The van der Waals surface area contributed by atoms with Crippen molar-refractivity contribution in [1.29, 1.82) is 0 Å². The zero-order valence-corrected chi connectivity index (χ0v) is 17.4. The van der Waals surface area contributed by atoms with E-state index >= 15 is 0 Å². The first-order valence-electron chi connectivity index (χ1n) is 10.2. The summed E-state index contributed by atoms with van der Waals surface area (Å²) in [6.45, 7) is 6.34. The molecule has 0 bridgehead atoms. The van der Waals surface area contributed by atoms with E-state index in [1.807, 2.05) is 42.5 Å². The first-order chi connectivity index (χ1) is 15.0. The number of carboxylic acids is 2. The number of carbonyl (C=O) groups is 2. The van der Waals surface area contributed by atoms with Gasteiger partial charge in [0.05, 0.1) is 19.8 Å². The number of unbranched alkanes of at least 4 members (excludes halogenated alkanes) is 1. The molecule has 8 heteroatoms. The van der Waals surface area contributed by atoms with Gasteiger partial charge >= 0.3 is 11.9 Å². The minimum atomic E-state index is -1.82. The molecule has 0 aliphatic carbocycles. The molecule has 0 radical (unpaired) electrons. The number of nitrogens with zero attached hydrogens (tertiary/aromatic N) is 1. The molecule has 2 aromatic carbocycles. The van der Waals surface area contributed by atoms with Crippen LogP contribution in [0, 0.1) is 0 Å². The number of hydrogen-bond acceptors (Lipinski definition) is 6. The Bertz CT molecular complexity index is 762. The van der Waals surface area contributed by atoms with E-state index in [4.69, 9.17) is 34.0 Å². The molecule has 1 aliphatic rings. The van der Waals surface area contributed by atoms with E-state index in [1.54, 1.807) is 0 Å². The van der Waals surface area contributed by atoms with Crippen LogP contribution in [-0.2, 0) is 20.9 Å². The number of ether oxygens (including phenoxy) is 3. The van der Waals surface area contributed by atoms with Crippen LogP contribution in [0.15, 0.2) is 54.6 Å². The van der Waals surface area contributed by atoms with Crippen molar-refractivity contribution in [3.63, 3.8) is 0 Å². The normalized spacial score (nSPS) is 13.5. The van der Waals surface area contributed by atoms with Gasteiger partial charge in [0, 0.05) is 13.1 Å². The van der Waals surface area contributed by atoms with Gasteiger partial charge in [-0.2, -0.15) is 0 Å². The van der Waals surface area contributed by atoms with Crippen LogP contribution in [-0.4, -0.2) is 66.5 Å². The lowest BCUT2D eigenvalue weighted by molar-refractivity contribution is -0.159. The average molecular weight is 431 g/mol. The largest absolute Gasteiger partial charge is 0.494 e. The summed E-state index contributed by atoms with van der Waals surface area (Å²) in [6.07, 6.45) is 2.24. The lowest BCUT2D eigenvalue weighted by atomic mass is 10.2. The lowest BCUT2D eigenvalue weighted by Gasteiger charge is -2.26. The molecular weight excluding hydrogens is 402 g/mol. The summed E-state index contributed by atoms with van der Waals surface area (Å²) < 4.78 is 17.0. The maximum atomic E-state index is 9.10. The van der Waals surface area contributed by atoms with Crippen LogP contribution in [0.2, 0.25) is 0 Å². The second-order valence-electron chi connectivity index (χ2n) is 6.87. The van der Waals surface area contributed by atoms with Crippen LogP contribution in [0.5, 0.6) is 11.5 Å². The minimum absolute atomic E-state index is 0.586. The molecule has 31 heavy (non-hydrogen) atoms. The van der Waals surface area contributed by atoms with E-state index in [2.05, 4.69) is 17.0 Å². The molecule has 0 saturated carbocycles. The number of benzene rings is 2. The summed E-state index contributed by atoms with van der Waals surface area (Å²) in [5, 5.41) is 14.8. The number of hydrogen-bond donors (Lipinski definition) is 2. The molecule has 0 unspecified atom stereocenters. The summed E-state index contributed by atoms with van der Waals surface area (Å²) in [5.41, 5.74) is 1.17. The molecule has 2 N–H and O–H groups in total. The zero-order valence-electron chi connectivity index (χ0n) is 17.4. The van der Waals surface area contributed by atoms with Crippen molar-refractivity contribution in [2.24, 2.45) is 0 Å². The predicted octanol–water partition coefficient (Wildman–Crippen LogP) is 2.91. The molecule has 0 aromatic heterocycles. The molecule has 1 aliphatic heterocycles. The summed E-state index contributed by atoms with van der Waals surface area (Å²) in [5.74, 6) is -1.88. The molecular formula is C23H29NO7. The van der Waals surface area contributed by atoms with Crippen LogP contribution in [0.25, 0.3) is 0 Å². The van der Waals surface area contributed by atoms with Crippen molar-refractivity contribution in [1.82, 2.24) is 4.90 Å². The summed E-state index contributed by atoms with van der Waals surface area (Å²) >= 11 is 0. The van der Waals surface area contributed by atoms with E-state index in [0.29, 0.717) is 6.61 Å². The third-order valence-corrected chi connectivity index (χ3v) is 4.50. The van der Waals surface area contributed by atoms with Gasteiger partial charge in [-0.3, -0.25) is 4.90 Å². The lowest BCUT2D eigenvalue weighted by Crippen LogP contribution is -2.36. The fraction of sp³-hybridized carbons (Fsp3) is 0.391. The van der Waals surface area contributed by atoms with Crippen LogP contribution < -0.4 is 9.47 Å². The molecule has 0 spiro atoms. The van der Waals surface area contributed by atoms with E-state index in [9.17, 15) is 0 Å². The number of morpholine rings is 1. The molecule has 3 rings (SSSR count). The quantitative estimate of drug-likeness (QED) is 0.461. The van der Waals surface area contributed by atoms with E-state index in [0.717, 1.165) is 63.8 Å². The smallest absolute Gasteiger partial charge is 0.414 e. The first kappa shape index (κ1) is 24.2. The standard InChI is InChI=1S/C21H27NO3.C2H2O4/c1-2-6-19(7-3-1)18-25-21-10-8-20(9-11-21)24-15-5-4-12-22-13-16-23-17-14-22;3-1(4)2(5)6/h1-3,6-11H,4-5,12-18H2;(H,3,4)(H,5,6). The molecule has 0 atom stereocenters. The van der Waals surface area contributed by atoms with Crippen LogP contribution in [0.4, 0.5) is 0 Å². The highest BCUT2D eigenvalue weighted by Gasteiger charge is 2.09. The molecule has 1 heterocycles. The van der Waals surface area contributed by atoms with Gasteiger partial charge in [-0.15, -0.1) is 0 Å². The van der Waals surface area contributed by atoms with Crippen molar-refractivity contribution in [2.45, 2.75) is 19.4 Å². The third kappa shape index (κ3) is 10.5. The Balaban J connectivity index is 0.000000501. The molecule has 0 amide bonds. The first-order valence-corrected chi connectivity index (χ1v) is 10.2. The Hall–Kier alpha value is -3.10. The number of aliphatic carboxylic acids is 2. The van der Waals surface area contributed by atoms with Crippen LogP contribution >= 0.6 is 0 Å². The molecule has 168 valence electrons. The maximum absolute atomic E-state index is 9.10. The van der Waals surface area contributed by atoms with E-state index < -0.39 is 11.9 Å². The van der Waals surface area contributed by atoms with Gasteiger partial charge in [0.15, 0.2) is 0 Å². The van der Waals surface area contributed by atoms with Gasteiger partial charge in [-0.25, -0.2) is 9.59 Å². The Morgan fingerprint density at radius 3 is 2.00 bits per heavy atom. The molecule has 1 fully saturated rings. The Morgan fingerprint density at radius 2 is 1.42 bits per heavy atom. The summed E-state index contributed by atoms with van der Waals surface area (Å²) in [6, 6.07) is 18.1. The monoisotopic (exact) mass is 431 g/mol. The Morgan fingerprint density at radius 1 is 0.839 bits per heavy atom. The van der Waals surface area contributed by atoms with Crippen LogP contribution in [0.1, 0.15) is 18.4 Å². The zero-order chi connectivity index (χ0) is 22.3. The second kappa shape index (κ2) is 14.0. The SMILES string of the molecule is O=C(O)C(=O)O.c1ccc(COc2ccc(OCCCCN3CCOCC3)cc2)cc1. The minimum Gasteiger partial charge on any atom is -0.494 e. The highest BCUT2D eigenvalue weighted by atomic mass is 16.5. The van der Waals surface area contributed by atoms with Gasteiger partial charge in [0.2, 0.25) is 0 Å². The Kier molecular flexibility index (Phi) is 10.9. The molecule has 2 aromatic rings. The van der Waals surface area contributed by atoms with Crippen molar-refractivity contribution in [3.8, 4) is 11.5 Å². The van der Waals surface area contributed by atoms with Gasteiger partial charge in [-0.05, 0) is 49.2 Å². The predicted molar refractivity (Wildman–Crippen MR) is 114 cm³/mol. The van der Waals surface area contributed by atoms with Crippen molar-refractivity contribution >= 4 is 11.9 Å². The van der Waals surface area contributed by atoms with Gasteiger partial charge in [0.1, 0.15) is 18.1 Å². The molecule has 1 saturated heterocycles. The van der Waals surface area contributed by atoms with Crippen molar-refractivity contribution < 1.29 is 34.0 Å². The van der Waals surface area contributed by atoms with E-state index in [1.165, 1.54) is 5.56 Å². The average Bonchev–Trinajstić information content (AvgIpc) is 2.80. The maximum Gasteiger partial charge on any atom is 0.414 e. The fourth-order valence-corrected chi connectivity index (χ4v) is 2.83. The number of carboxylic acid groups (broad SMARTS) is 2.